The van der Waals surface area contributed by atoms with Gasteiger partial charge in [-0.25, -0.2) is 0 Å². The number of nitrogens with zero attached hydrogens (tertiary/aromatic N) is 3. The maximum atomic E-state index is 6.09. The Labute approximate surface area is 181 Å². The number of hydrogen-bond acceptors (Lipinski definition) is 4. The third-order valence-corrected chi connectivity index (χ3v) is 6.01. The predicted molar refractivity (Wildman–Crippen MR) is 122 cm³/mol. The molecule has 5 heteroatoms. The second-order valence-electron chi connectivity index (χ2n) is 7.62. The minimum Gasteiger partial charge on any atom is -0.377 e. The summed E-state index contributed by atoms with van der Waals surface area (Å²) in [6, 6.07) is 23.0. The first-order valence-electron chi connectivity index (χ1n) is 10.1. The van der Waals surface area contributed by atoms with Crippen LogP contribution >= 0.6 is 11.6 Å². The minimum absolute atomic E-state index is 0.0759. The van der Waals surface area contributed by atoms with Gasteiger partial charge in [0.15, 0.2) is 5.82 Å². The molecule has 1 aromatic heterocycles. The standard InChI is InChI=1S/C25H22ClN3O/c1-17-4-2-3-5-22(17)19-8-11-23-20(14-19)15-27-28-25(23)29-12-13-30-16-24(29)18-6-9-21(26)10-7-18/h2-11,14-15,24H,12-13,16H2,1H3. The molecular formula is C25H22ClN3O. The van der Waals surface area contributed by atoms with Crippen molar-refractivity contribution in [1.82, 2.24) is 10.2 Å². The van der Waals surface area contributed by atoms with Gasteiger partial charge >= 0.3 is 0 Å². The topological polar surface area (TPSA) is 38.2 Å². The predicted octanol–water partition coefficient (Wildman–Crippen LogP) is 5.84. The molecule has 0 radical (unpaired) electrons. The number of fused-ring (bicyclic) bond motifs is 1. The third kappa shape index (κ3) is 3.53. The number of rotatable bonds is 3. The number of benzene rings is 3. The summed E-state index contributed by atoms with van der Waals surface area (Å²) in [4.78, 5) is 2.30. The van der Waals surface area contributed by atoms with Crippen LogP contribution in [-0.4, -0.2) is 30.0 Å². The Balaban J connectivity index is 1.57. The number of aromatic nitrogens is 2. The van der Waals surface area contributed by atoms with E-state index in [9.17, 15) is 0 Å². The van der Waals surface area contributed by atoms with E-state index in [0.717, 1.165) is 33.7 Å². The van der Waals surface area contributed by atoms with Gasteiger partial charge in [-0.1, -0.05) is 54.1 Å². The van der Waals surface area contributed by atoms with E-state index in [1.165, 1.54) is 16.7 Å². The lowest BCUT2D eigenvalue weighted by molar-refractivity contribution is 0.0938. The Morgan fingerprint density at radius 2 is 1.87 bits per heavy atom. The van der Waals surface area contributed by atoms with Gasteiger partial charge < -0.3 is 9.64 Å². The van der Waals surface area contributed by atoms with E-state index in [4.69, 9.17) is 16.3 Å². The van der Waals surface area contributed by atoms with E-state index in [1.807, 2.05) is 18.3 Å². The van der Waals surface area contributed by atoms with E-state index in [-0.39, 0.29) is 6.04 Å². The largest absolute Gasteiger partial charge is 0.377 e. The van der Waals surface area contributed by atoms with Crippen molar-refractivity contribution in [2.45, 2.75) is 13.0 Å². The number of hydrogen-bond donors (Lipinski definition) is 0. The van der Waals surface area contributed by atoms with Crippen LogP contribution in [0.15, 0.2) is 72.9 Å². The summed E-state index contributed by atoms with van der Waals surface area (Å²) in [5, 5.41) is 11.8. The van der Waals surface area contributed by atoms with Crippen LogP contribution in [0.2, 0.25) is 5.02 Å². The van der Waals surface area contributed by atoms with Crippen molar-refractivity contribution in [3.63, 3.8) is 0 Å². The molecule has 0 bridgehead atoms. The van der Waals surface area contributed by atoms with E-state index < -0.39 is 0 Å². The highest BCUT2D eigenvalue weighted by Gasteiger charge is 2.27. The van der Waals surface area contributed by atoms with Crippen molar-refractivity contribution in [2.24, 2.45) is 0 Å². The van der Waals surface area contributed by atoms with Gasteiger partial charge in [-0.05, 0) is 53.4 Å². The summed E-state index contributed by atoms with van der Waals surface area (Å²) in [6.07, 6.45) is 1.85. The summed E-state index contributed by atoms with van der Waals surface area (Å²) in [5.74, 6) is 0.895. The number of anilines is 1. The lowest BCUT2D eigenvalue weighted by Gasteiger charge is -2.37. The molecule has 1 saturated heterocycles. The molecule has 3 aromatic carbocycles. The second-order valence-corrected chi connectivity index (χ2v) is 8.06. The van der Waals surface area contributed by atoms with Crippen molar-refractivity contribution in [2.75, 3.05) is 24.7 Å². The zero-order valence-electron chi connectivity index (χ0n) is 16.8. The fraction of sp³-hybridized carbons (Fsp3) is 0.200. The van der Waals surface area contributed by atoms with E-state index in [1.54, 1.807) is 0 Å². The van der Waals surface area contributed by atoms with Crippen LogP contribution in [0, 0.1) is 6.92 Å². The molecule has 0 N–H and O–H groups in total. The highest BCUT2D eigenvalue weighted by Crippen LogP contribution is 2.35. The fourth-order valence-electron chi connectivity index (χ4n) is 4.17. The van der Waals surface area contributed by atoms with Crippen LogP contribution in [0.4, 0.5) is 5.82 Å². The summed E-state index contributed by atoms with van der Waals surface area (Å²) in [7, 11) is 0. The van der Waals surface area contributed by atoms with Gasteiger partial charge in [-0.3, -0.25) is 0 Å². The highest BCUT2D eigenvalue weighted by atomic mass is 35.5. The summed E-state index contributed by atoms with van der Waals surface area (Å²) in [5.41, 5.74) is 4.85. The molecule has 0 spiro atoms. The Morgan fingerprint density at radius 3 is 2.70 bits per heavy atom. The monoisotopic (exact) mass is 415 g/mol. The van der Waals surface area contributed by atoms with Crippen molar-refractivity contribution in [1.29, 1.82) is 0 Å². The van der Waals surface area contributed by atoms with Gasteiger partial charge in [-0.2, -0.15) is 5.10 Å². The van der Waals surface area contributed by atoms with Crippen molar-refractivity contribution >= 4 is 28.2 Å². The Hall–Kier alpha value is -2.95. The molecule has 1 aliphatic rings. The molecule has 1 unspecified atom stereocenters. The molecule has 2 heterocycles. The molecule has 150 valence electrons. The zero-order chi connectivity index (χ0) is 20.5. The zero-order valence-corrected chi connectivity index (χ0v) is 17.5. The van der Waals surface area contributed by atoms with Crippen molar-refractivity contribution in [3.8, 4) is 11.1 Å². The molecule has 0 amide bonds. The number of ether oxygens (including phenoxy) is 1. The lowest BCUT2D eigenvalue weighted by atomic mass is 9.98. The van der Waals surface area contributed by atoms with Gasteiger partial charge in [-0.15, -0.1) is 5.10 Å². The van der Waals surface area contributed by atoms with E-state index in [2.05, 4.69) is 76.6 Å². The third-order valence-electron chi connectivity index (χ3n) is 5.75. The summed E-state index contributed by atoms with van der Waals surface area (Å²) >= 11 is 6.09. The van der Waals surface area contributed by atoms with Crippen LogP contribution in [0.25, 0.3) is 21.9 Å². The molecule has 5 rings (SSSR count). The number of halogens is 1. The van der Waals surface area contributed by atoms with E-state index in [0.29, 0.717) is 13.2 Å². The molecule has 1 aliphatic heterocycles. The minimum atomic E-state index is 0.0759. The maximum absolute atomic E-state index is 6.09. The molecule has 4 nitrogen and oxygen atoms in total. The summed E-state index contributed by atoms with van der Waals surface area (Å²) in [6.45, 7) is 4.19. The maximum Gasteiger partial charge on any atom is 0.159 e. The lowest BCUT2D eigenvalue weighted by Crippen LogP contribution is -2.40. The van der Waals surface area contributed by atoms with E-state index >= 15 is 0 Å². The quantitative estimate of drug-likeness (QED) is 0.421. The number of morpholine rings is 1. The molecule has 0 aliphatic carbocycles. The average Bonchev–Trinajstić information content (AvgIpc) is 2.79. The van der Waals surface area contributed by atoms with Crippen LogP contribution in [-0.2, 0) is 4.74 Å². The van der Waals surface area contributed by atoms with Crippen LogP contribution in [0.3, 0.4) is 0 Å². The van der Waals surface area contributed by atoms with Crippen LogP contribution in [0.5, 0.6) is 0 Å². The first-order chi connectivity index (χ1) is 14.7. The van der Waals surface area contributed by atoms with Gasteiger partial charge in [0.2, 0.25) is 0 Å². The Morgan fingerprint density at radius 1 is 1.03 bits per heavy atom. The fourth-order valence-corrected chi connectivity index (χ4v) is 4.29. The average molecular weight is 416 g/mol. The Bertz CT molecular complexity index is 1190. The Kier molecular flexibility index (Phi) is 5.11. The SMILES string of the molecule is Cc1ccccc1-c1ccc2c(N3CCOCC3c3ccc(Cl)cc3)nncc2c1. The van der Waals surface area contributed by atoms with Crippen LogP contribution < -0.4 is 4.90 Å². The van der Waals surface area contributed by atoms with Crippen LogP contribution in [0.1, 0.15) is 17.2 Å². The van der Waals surface area contributed by atoms with Crippen molar-refractivity contribution in [3.05, 3.63) is 89.1 Å². The highest BCUT2D eigenvalue weighted by molar-refractivity contribution is 6.30. The molecule has 1 fully saturated rings. The second kappa shape index (κ2) is 8.05. The van der Waals surface area contributed by atoms with Gasteiger partial charge in [0.25, 0.3) is 0 Å². The van der Waals surface area contributed by atoms with Crippen molar-refractivity contribution < 1.29 is 4.74 Å². The molecule has 1 atom stereocenters. The molecular weight excluding hydrogens is 394 g/mol. The number of aryl methyl sites for hydroxylation is 1. The van der Waals surface area contributed by atoms with Gasteiger partial charge in [0, 0.05) is 22.3 Å². The normalized spacial score (nSPS) is 16.7. The van der Waals surface area contributed by atoms with Gasteiger partial charge in [0.05, 0.1) is 25.5 Å². The first kappa shape index (κ1) is 19.0. The smallest absolute Gasteiger partial charge is 0.159 e. The molecule has 0 saturated carbocycles. The first-order valence-corrected chi connectivity index (χ1v) is 10.5. The molecule has 4 aromatic rings. The molecule has 30 heavy (non-hydrogen) atoms. The van der Waals surface area contributed by atoms with Gasteiger partial charge in [0.1, 0.15) is 0 Å². The summed E-state index contributed by atoms with van der Waals surface area (Å²) < 4.78 is 5.80.